The van der Waals surface area contributed by atoms with Crippen LogP contribution >= 0.6 is 0 Å². The second kappa shape index (κ2) is 15.4. The van der Waals surface area contributed by atoms with Gasteiger partial charge in [0.2, 0.25) is 10.0 Å². The van der Waals surface area contributed by atoms with Gasteiger partial charge in [-0.25, -0.2) is 8.42 Å². The number of sulfonamides is 1. The summed E-state index contributed by atoms with van der Waals surface area (Å²) in [4.78, 5) is 13.6. The van der Waals surface area contributed by atoms with E-state index in [2.05, 4.69) is 36.7 Å². The van der Waals surface area contributed by atoms with Gasteiger partial charge in [-0.3, -0.25) is 9.10 Å². The van der Waals surface area contributed by atoms with Crippen molar-refractivity contribution in [2.24, 2.45) is 5.92 Å². The van der Waals surface area contributed by atoms with Gasteiger partial charge in [-0.15, -0.1) is 0 Å². The molecular formula is C31H48N4O4S. The summed E-state index contributed by atoms with van der Waals surface area (Å²) in [7, 11) is -3.43. The predicted octanol–water partition coefficient (Wildman–Crippen LogP) is 4.55. The summed E-state index contributed by atoms with van der Waals surface area (Å²) in [5.41, 5.74) is 2.54. The molecule has 4 N–H and O–H groups in total. The zero-order valence-electron chi connectivity index (χ0n) is 24.5. The molecule has 2 aromatic carbocycles. The van der Waals surface area contributed by atoms with Gasteiger partial charge in [-0.1, -0.05) is 57.0 Å². The predicted molar refractivity (Wildman–Crippen MR) is 165 cm³/mol. The number of aliphatic hydroxyl groups excluding tert-OH is 1. The molecule has 40 heavy (non-hydrogen) atoms. The van der Waals surface area contributed by atoms with Crippen LogP contribution in [0.1, 0.15) is 75.7 Å². The number of carbonyl (C=O) groups is 1. The van der Waals surface area contributed by atoms with Crippen LogP contribution < -0.4 is 20.3 Å². The number of aliphatic hydroxyl groups is 1. The molecule has 8 nitrogen and oxygen atoms in total. The van der Waals surface area contributed by atoms with Gasteiger partial charge in [0.1, 0.15) is 0 Å². The Labute approximate surface area is 241 Å². The van der Waals surface area contributed by atoms with Gasteiger partial charge in [-0.05, 0) is 69.2 Å². The number of nitrogens with one attached hydrogen (secondary N) is 3. The van der Waals surface area contributed by atoms with Crippen molar-refractivity contribution in [3.05, 3.63) is 59.7 Å². The maximum absolute atomic E-state index is 13.6. The van der Waals surface area contributed by atoms with E-state index in [1.807, 2.05) is 37.3 Å². The van der Waals surface area contributed by atoms with Gasteiger partial charge in [0.15, 0.2) is 0 Å². The topological polar surface area (TPSA) is 111 Å². The summed E-state index contributed by atoms with van der Waals surface area (Å²) >= 11 is 0. The van der Waals surface area contributed by atoms with Crippen LogP contribution in [0.4, 0.5) is 11.4 Å². The molecule has 1 saturated heterocycles. The monoisotopic (exact) mass is 572 g/mol. The first kappa shape index (κ1) is 31.9. The number of carbonyl (C=O) groups excluding carboxylic acids is 1. The SMILES string of the molecule is CCNc1cc(C(=O)NC(Cc2ccccc2)C(O)CNC(C)CCCC(C)C)cc(N2CCCCS2(=O)=O)c1. The first-order chi connectivity index (χ1) is 19.1. The molecule has 1 aliphatic heterocycles. The lowest BCUT2D eigenvalue weighted by Crippen LogP contribution is -2.49. The fourth-order valence-corrected chi connectivity index (χ4v) is 6.70. The average molecular weight is 573 g/mol. The van der Waals surface area contributed by atoms with Crippen LogP contribution in [0.3, 0.4) is 0 Å². The van der Waals surface area contributed by atoms with Crippen molar-refractivity contribution in [2.75, 3.05) is 35.0 Å². The summed E-state index contributed by atoms with van der Waals surface area (Å²) in [6.45, 7) is 9.91. The highest BCUT2D eigenvalue weighted by atomic mass is 32.2. The van der Waals surface area contributed by atoms with E-state index < -0.39 is 22.2 Å². The van der Waals surface area contributed by atoms with Gasteiger partial charge >= 0.3 is 0 Å². The molecule has 0 saturated carbocycles. The van der Waals surface area contributed by atoms with Crippen molar-refractivity contribution in [1.29, 1.82) is 0 Å². The Kier molecular flexibility index (Phi) is 12.3. The van der Waals surface area contributed by atoms with E-state index in [0.717, 1.165) is 24.8 Å². The Balaban J connectivity index is 1.78. The van der Waals surface area contributed by atoms with Gasteiger partial charge in [0, 0.05) is 36.9 Å². The zero-order chi connectivity index (χ0) is 29.1. The highest BCUT2D eigenvalue weighted by Gasteiger charge is 2.28. The minimum absolute atomic E-state index is 0.105. The molecule has 0 aromatic heterocycles. The lowest BCUT2D eigenvalue weighted by atomic mass is 9.99. The molecule has 0 spiro atoms. The third-order valence-corrected chi connectivity index (χ3v) is 9.24. The lowest BCUT2D eigenvalue weighted by Gasteiger charge is -2.29. The molecule has 222 valence electrons. The lowest BCUT2D eigenvalue weighted by molar-refractivity contribution is 0.0825. The van der Waals surface area contributed by atoms with E-state index in [1.165, 1.54) is 10.7 Å². The van der Waals surface area contributed by atoms with E-state index in [0.29, 0.717) is 55.3 Å². The van der Waals surface area contributed by atoms with Gasteiger partial charge in [0.05, 0.1) is 23.6 Å². The molecule has 9 heteroatoms. The number of benzene rings is 2. The van der Waals surface area contributed by atoms with Crippen molar-refractivity contribution in [2.45, 2.75) is 84.4 Å². The molecule has 1 aliphatic rings. The maximum Gasteiger partial charge on any atom is 0.251 e. The Bertz CT molecular complexity index is 1170. The average Bonchev–Trinajstić information content (AvgIpc) is 2.91. The summed E-state index contributed by atoms with van der Waals surface area (Å²) in [5.74, 6) is 0.430. The van der Waals surface area contributed by atoms with E-state index in [9.17, 15) is 18.3 Å². The molecule has 0 radical (unpaired) electrons. The molecule has 3 unspecified atom stereocenters. The number of hydrogen-bond donors (Lipinski definition) is 4. The summed E-state index contributed by atoms with van der Waals surface area (Å²) in [6, 6.07) is 14.7. The van der Waals surface area contributed by atoms with Crippen LogP contribution in [0.5, 0.6) is 0 Å². The molecule has 3 atom stereocenters. The summed E-state index contributed by atoms with van der Waals surface area (Å²) in [6.07, 6.45) is 4.41. The van der Waals surface area contributed by atoms with E-state index in [-0.39, 0.29) is 17.7 Å². The first-order valence-corrected chi connectivity index (χ1v) is 16.4. The van der Waals surface area contributed by atoms with Crippen molar-refractivity contribution < 1.29 is 18.3 Å². The first-order valence-electron chi connectivity index (χ1n) is 14.7. The van der Waals surface area contributed by atoms with E-state index in [4.69, 9.17) is 0 Å². The van der Waals surface area contributed by atoms with Crippen molar-refractivity contribution in [3.8, 4) is 0 Å². The number of rotatable bonds is 15. The fourth-order valence-electron chi connectivity index (χ4n) is 5.07. The van der Waals surface area contributed by atoms with E-state index >= 15 is 0 Å². The van der Waals surface area contributed by atoms with Crippen LogP contribution in [-0.4, -0.2) is 63.0 Å². The third-order valence-electron chi connectivity index (χ3n) is 7.37. The molecule has 1 fully saturated rings. The molecule has 3 rings (SSSR count). The van der Waals surface area contributed by atoms with E-state index in [1.54, 1.807) is 18.2 Å². The molecule has 0 aliphatic carbocycles. The normalized spacial score (nSPS) is 17.3. The van der Waals surface area contributed by atoms with Crippen molar-refractivity contribution in [3.63, 3.8) is 0 Å². The minimum atomic E-state index is -3.43. The molecule has 0 bridgehead atoms. The number of nitrogens with zero attached hydrogens (tertiary/aromatic N) is 1. The Hall–Kier alpha value is -2.62. The largest absolute Gasteiger partial charge is 0.390 e. The molecule has 2 aromatic rings. The smallest absolute Gasteiger partial charge is 0.251 e. The summed E-state index contributed by atoms with van der Waals surface area (Å²) in [5, 5.41) is 20.9. The van der Waals surface area contributed by atoms with Gasteiger partial charge < -0.3 is 21.1 Å². The van der Waals surface area contributed by atoms with Crippen LogP contribution in [0.15, 0.2) is 48.5 Å². The zero-order valence-corrected chi connectivity index (χ0v) is 25.3. The number of hydrogen-bond acceptors (Lipinski definition) is 6. The Morgan fingerprint density at radius 2 is 1.80 bits per heavy atom. The second-order valence-corrected chi connectivity index (χ2v) is 13.4. The standard InChI is InChI=1S/C31H48N4O4S/c1-5-32-27-19-26(20-28(21-27)35-16-9-10-17-40(35,38)39)31(37)34-29(18-25-14-7-6-8-15-25)30(36)22-33-24(4)13-11-12-23(2)3/h6-8,14-15,19-21,23-24,29-30,32-33,36H,5,9-13,16-18,22H2,1-4H3,(H,34,37). The number of amides is 1. The molecule has 1 amide bonds. The number of anilines is 2. The summed E-state index contributed by atoms with van der Waals surface area (Å²) < 4.78 is 27.0. The molecule has 1 heterocycles. The Morgan fingerprint density at radius 3 is 2.48 bits per heavy atom. The highest BCUT2D eigenvalue weighted by molar-refractivity contribution is 7.92. The van der Waals surface area contributed by atoms with Gasteiger partial charge in [-0.2, -0.15) is 0 Å². The van der Waals surface area contributed by atoms with Crippen molar-refractivity contribution in [1.82, 2.24) is 10.6 Å². The van der Waals surface area contributed by atoms with Crippen LogP contribution in [0.2, 0.25) is 0 Å². The highest BCUT2D eigenvalue weighted by Crippen LogP contribution is 2.28. The van der Waals surface area contributed by atoms with Crippen molar-refractivity contribution >= 4 is 27.3 Å². The quantitative estimate of drug-likeness (QED) is 0.249. The third kappa shape index (κ3) is 9.78. The Morgan fingerprint density at radius 1 is 1.05 bits per heavy atom. The second-order valence-electron chi connectivity index (χ2n) is 11.4. The maximum atomic E-state index is 13.6. The van der Waals surface area contributed by atoms with Crippen LogP contribution in [-0.2, 0) is 16.4 Å². The van der Waals surface area contributed by atoms with Gasteiger partial charge in [0.25, 0.3) is 5.91 Å². The minimum Gasteiger partial charge on any atom is -0.390 e. The van der Waals surface area contributed by atoms with Crippen LogP contribution in [0.25, 0.3) is 0 Å². The molecular weight excluding hydrogens is 524 g/mol. The fraction of sp³-hybridized carbons (Fsp3) is 0.581. The van der Waals surface area contributed by atoms with Crippen LogP contribution in [0, 0.1) is 5.92 Å².